The van der Waals surface area contributed by atoms with Crippen LogP contribution in [0.4, 0.5) is 5.95 Å². The molecule has 2 aromatic heterocycles. The quantitative estimate of drug-likeness (QED) is 0.697. The number of hydrogen-bond acceptors (Lipinski definition) is 5. The van der Waals surface area contributed by atoms with E-state index in [4.69, 9.17) is 0 Å². The minimum atomic E-state index is 0.660. The van der Waals surface area contributed by atoms with E-state index in [0.717, 1.165) is 24.6 Å². The first kappa shape index (κ1) is 12.9. The normalized spacial score (nSPS) is 10.8. The Morgan fingerprint density at radius 2 is 2.16 bits per heavy atom. The first-order valence-electron chi connectivity index (χ1n) is 5.62. The average molecular weight is 352 g/mol. The Bertz CT molecular complexity index is 727. The van der Waals surface area contributed by atoms with E-state index >= 15 is 0 Å². The fourth-order valence-electron chi connectivity index (χ4n) is 1.66. The molecule has 3 aromatic rings. The lowest BCUT2D eigenvalue weighted by atomic mass is 10.4. The van der Waals surface area contributed by atoms with Crippen molar-refractivity contribution in [3.63, 3.8) is 0 Å². The third-order valence-corrected chi connectivity index (χ3v) is 4.82. The van der Waals surface area contributed by atoms with Gasteiger partial charge in [0, 0.05) is 21.8 Å². The number of nitrogens with zero attached hydrogens (tertiary/aromatic N) is 2. The first-order chi connectivity index (χ1) is 9.26. The van der Waals surface area contributed by atoms with E-state index in [1.54, 1.807) is 23.1 Å². The molecule has 3 rings (SSSR count). The number of hydrogen-bond donors (Lipinski definition) is 1. The molecule has 0 aliphatic carbocycles. The van der Waals surface area contributed by atoms with Crippen LogP contribution in [-0.2, 0) is 0 Å². The molecular weight excluding hydrogens is 342 g/mol. The van der Waals surface area contributed by atoms with Crippen LogP contribution in [0.2, 0.25) is 0 Å². The Balaban J connectivity index is 2.06. The van der Waals surface area contributed by atoms with E-state index in [2.05, 4.69) is 49.4 Å². The number of rotatable bonds is 3. The van der Waals surface area contributed by atoms with Gasteiger partial charge in [0.05, 0.1) is 0 Å². The fraction of sp³-hybridized carbons (Fsp3) is 0.0769. The summed E-state index contributed by atoms with van der Waals surface area (Å²) in [6, 6.07) is 10.3. The van der Waals surface area contributed by atoms with Crippen molar-refractivity contribution >= 4 is 55.2 Å². The Morgan fingerprint density at radius 1 is 1.26 bits per heavy atom. The summed E-state index contributed by atoms with van der Waals surface area (Å²) >= 11 is 6.77. The van der Waals surface area contributed by atoms with E-state index in [9.17, 15) is 0 Å². The molecule has 3 nitrogen and oxygen atoms in total. The highest BCUT2D eigenvalue weighted by Gasteiger charge is 2.09. The summed E-state index contributed by atoms with van der Waals surface area (Å²) in [5.41, 5.74) is 0. The third kappa shape index (κ3) is 2.75. The Labute approximate surface area is 127 Å². The fourth-order valence-corrected chi connectivity index (χ4v) is 4.00. The van der Waals surface area contributed by atoms with Crippen LogP contribution in [0, 0.1) is 0 Å². The van der Waals surface area contributed by atoms with Crippen LogP contribution in [0.5, 0.6) is 0 Å². The molecule has 0 amide bonds. The molecule has 0 saturated carbocycles. The maximum Gasteiger partial charge on any atom is 0.224 e. The standard InChI is InChI=1S/C13H10BrN3S2/c1-15-13-16-11-10(5-6-18-11)12(17-13)19-9-4-2-3-8(14)7-9/h2-7H,1H3,(H,15,16,17). The van der Waals surface area contributed by atoms with Gasteiger partial charge in [-0.3, -0.25) is 0 Å². The van der Waals surface area contributed by atoms with Crippen molar-refractivity contribution in [1.82, 2.24) is 9.97 Å². The summed E-state index contributed by atoms with van der Waals surface area (Å²) < 4.78 is 1.07. The van der Waals surface area contributed by atoms with Gasteiger partial charge in [0.1, 0.15) is 9.86 Å². The SMILES string of the molecule is CNc1nc(Sc2cccc(Br)c2)c2ccsc2n1. The Hall–Kier alpha value is -1.11. The molecule has 0 aliphatic rings. The van der Waals surface area contributed by atoms with Gasteiger partial charge in [0.15, 0.2) is 0 Å². The van der Waals surface area contributed by atoms with Crippen LogP contribution in [0.15, 0.2) is 50.1 Å². The molecule has 2 heterocycles. The molecule has 0 radical (unpaired) electrons. The summed E-state index contributed by atoms with van der Waals surface area (Å²) in [7, 11) is 1.84. The van der Waals surface area contributed by atoms with Gasteiger partial charge in [-0.25, -0.2) is 9.97 Å². The zero-order chi connectivity index (χ0) is 13.2. The van der Waals surface area contributed by atoms with Crippen molar-refractivity contribution in [3.05, 3.63) is 40.2 Å². The van der Waals surface area contributed by atoms with Gasteiger partial charge in [-0.1, -0.05) is 33.8 Å². The van der Waals surface area contributed by atoms with Crippen LogP contribution >= 0.6 is 39.0 Å². The first-order valence-corrected chi connectivity index (χ1v) is 8.11. The molecule has 19 heavy (non-hydrogen) atoms. The highest BCUT2D eigenvalue weighted by atomic mass is 79.9. The van der Waals surface area contributed by atoms with E-state index in [1.165, 1.54) is 0 Å². The topological polar surface area (TPSA) is 37.8 Å². The lowest BCUT2D eigenvalue weighted by molar-refractivity contribution is 1.10. The molecule has 0 unspecified atom stereocenters. The summed E-state index contributed by atoms with van der Waals surface area (Å²) in [4.78, 5) is 11.2. The van der Waals surface area contributed by atoms with Gasteiger partial charge >= 0.3 is 0 Å². The summed E-state index contributed by atoms with van der Waals surface area (Å²) in [6.45, 7) is 0. The molecule has 96 valence electrons. The molecule has 0 bridgehead atoms. The highest BCUT2D eigenvalue weighted by molar-refractivity contribution is 9.10. The number of aromatic nitrogens is 2. The minimum absolute atomic E-state index is 0.660. The van der Waals surface area contributed by atoms with Crippen LogP contribution < -0.4 is 5.32 Å². The van der Waals surface area contributed by atoms with E-state index < -0.39 is 0 Å². The van der Waals surface area contributed by atoms with Crippen molar-refractivity contribution in [2.75, 3.05) is 12.4 Å². The van der Waals surface area contributed by atoms with Crippen LogP contribution in [0.25, 0.3) is 10.2 Å². The maximum absolute atomic E-state index is 4.55. The predicted molar refractivity (Wildman–Crippen MR) is 85.2 cm³/mol. The Kier molecular flexibility index (Phi) is 3.72. The van der Waals surface area contributed by atoms with Gasteiger partial charge in [-0.15, -0.1) is 11.3 Å². The molecule has 0 saturated heterocycles. The molecule has 0 aliphatic heterocycles. The van der Waals surface area contributed by atoms with Crippen LogP contribution in [-0.4, -0.2) is 17.0 Å². The predicted octanol–water partition coefficient (Wildman–Crippen LogP) is 4.65. The number of halogens is 1. The highest BCUT2D eigenvalue weighted by Crippen LogP contribution is 2.35. The van der Waals surface area contributed by atoms with Gasteiger partial charge < -0.3 is 5.32 Å². The van der Waals surface area contributed by atoms with E-state index in [0.29, 0.717) is 5.95 Å². The molecule has 1 N–H and O–H groups in total. The zero-order valence-electron chi connectivity index (χ0n) is 10.1. The monoisotopic (exact) mass is 351 g/mol. The molecule has 0 spiro atoms. The number of anilines is 1. The summed E-state index contributed by atoms with van der Waals surface area (Å²) in [5, 5.41) is 7.14. The lowest BCUT2D eigenvalue weighted by Crippen LogP contribution is -1.96. The molecular formula is C13H10BrN3S2. The van der Waals surface area contributed by atoms with Gasteiger partial charge in [-0.2, -0.15) is 0 Å². The second kappa shape index (κ2) is 5.48. The molecule has 0 fully saturated rings. The Morgan fingerprint density at radius 3 is 2.95 bits per heavy atom. The van der Waals surface area contributed by atoms with Crippen molar-refractivity contribution in [3.8, 4) is 0 Å². The maximum atomic E-state index is 4.55. The lowest BCUT2D eigenvalue weighted by Gasteiger charge is -2.05. The largest absolute Gasteiger partial charge is 0.357 e. The van der Waals surface area contributed by atoms with E-state index in [1.807, 2.05) is 24.6 Å². The van der Waals surface area contributed by atoms with Crippen LogP contribution in [0.3, 0.4) is 0 Å². The number of nitrogens with one attached hydrogen (secondary N) is 1. The van der Waals surface area contributed by atoms with Gasteiger partial charge in [0.2, 0.25) is 5.95 Å². The van der Waals surface area contributed by atoms with Crippen molar-refractivity contribution < 1.29 is 0 Å². The van der Waals surface area contributed by atoms with Gasteiger partial charge in [0.25, 0.3) is 0 Å². The minimum Gasteiger partial charge on any atom is -0.357 e. The third-order valence-electron chi connectivity index (χ3n) is 2.52. The van der Waals surface area contributed by atoms with Gasteiger partial charge in [-0.05, 0) is 29.6 Å². The molecule has 6 heteroatoms. The zero-order valence-corrected chi connectivity index (χ0v) is 13.3. The van der Waals surface area contributed by atoms with Crippen molar-refractivity contribution in [2.45, 2.75) is 9.92 Å². The molecule has 1 aromatic carbocycles. The van der Waals surface area contributed by atoms with Crippen molar-refractivity contribution in [2.24, 2.45) is 0 Å². The smallest absolute Gasteiger partial charge is 0.224 e. The number of thiophene rings is 1. The average Bonchev–Trinajstić information content (AvgIpc) is 2.87. The number of benzene rings is 1. The second-order valence-corrected chi connectivity index (χ2v) is 6.67. The second-order valence-electron chi connectivity index (χ2n) is 3.80. The van der Waals surface area contributed by atoms with E-state index in [-0.39, 0.29) is 0 Å². The van der Waals surface area contributed by atoms with Crippen LogP contribution in [0.1, 0.15) is 0 Å². The summed E-state index contributed by atoms with van der Waals surface area (Å²) in [5.74, 6) is 0.660. The number of fused-ring (bicyclic) bond motifs is 1. The van der Waals surface area contributed by atoms with Crippen molar-refractivity contribution in [1.29, 1.82) is 0 Å². The summed E-state index contributed by atoms with van der Waals surface area (Å²) in [6.07, 6.45) is 0. The molecule has 0 atom stereocenters.